The fourth-order valence-electron chi connectivity index (χ4n) is 4.31. The minimum Gasteiger partial charge on any atom is -0.346 e. The summed E-state index contributed by atoms with van der Waals surface area (Å²) in [6.45, 7) is 2.66. The molecule has 0 radical (unpaired) electrons. The molecule has 5 rings (SSSR count). The van der Waals surface area contributed by atoms with Gasteiger partial charge >= 0.3 is 0 Å². The van der Waals surface area contributed by atoms with Gasteiger partial charge in [-0.25, -0.2) is 4.98 Å². The van der Waals surface area contributed by atoms with E-state index in [1.807, 2.05) is 41.4 Å². The summed E-state index contributed by atoms with van der Waals surface area (Å²) in [5.74, 6) is 0.817. The highest BCUT2D eigenvalue weighted by atomic mass is 16.2. The third kappa shape index (κ3) is 3.85. The number of nitrogens with one attached hydrogen (secondary N) is 1. The van der Waals surface area contributed by atoms with Crippen LogP contribution in [0.4, 0.5) is 0 Å². The summed E-state index contributed by atoms with van der Waals surface area (Å²) in [7, 11) is 0. The first-order valence-electron chi connectivity index (χ1n) is 10.5. The first-order valence-corrected chi connectivity index (χ1v) is 10.5. The topological polar surface area (TPSA) is 66.8 Å². The first-order chi connectivity index (χ1) is 14.8. The Bertz CT molecular complexity index is 1130. The average molecular weight is 399 g/mol. The summed E-state index contributed by atoms with van der Waals surface area (Å²) >= 11 is 0. The number of hydrogen-bond donors (Lipinski definition) is 1. The maximum absolute atomic E-state index is 12.6. The van der Waals surface area contributed by atoms with Gasteiger partial charge in [0.05, 0.1) is 29.3 Å². The molecule has 1 aliphatic heterocycles. The molecule has 6 nitrogen and oxygen atoms in total. The standard InChI is InChI=1S/C24H25N5O/c30-24(14-18-4-2-1-3-5-18)28-11-8-19(9-12-28)17-29-13-10-22-23(29)7-6-21(27-22)20-15-25-26-16-20/h1-7,10,13,15-16,19H,8-9,11-12,14,17H2,(H,25,26). The number of amides is 1. The van der Waals surface area contributed by atoms with Crippen molar-refractivity contribution in [2.75, 3.05) is 13.1 Å². The van der Waals surface area contributed by atoms with Crippen LogP contribution in [0.2, 0.25) is 0 Å². The molecule has 0 bridgehead atoms. The quantitative estimate of drug-likeness (QED) is 0.553. The Morgan fingerprint density at radius 2 is 1.90 bits per heavy atom. The summed E-state index contributed by atoms with van der Waals surface area (Å²) in [5.41, 5.74) is 5.18. The van der Waals surface area contributed by atoms with E-state index in [1.54, 1.807) is 6.20 Å². The molecule has 30 heavy (non-hydrogen) atoms. The lowest BCUT2D eigenvalue weighted by Gasteiger charge is -2.32. The zero-order valence-electron chi connectivity index (χ0n) is 16.9. The van der Waals surface area contributed by atoms with Crippen LogP contribution in [0, 0.1) is 5.92 Å². The molecule has 0 saturated carbocycles. The van der Waals surface area contributed by atoms with Crippen molar-refractivity contribution in [1.82, 2.24) is 24.6 Å². The Labute approximate surface area is 175 Å². The normalized spacial score (nSPS) is 15.0. The Balaban J connectivity index is 1.20. The van der Waals surface area contributed by atoms with E-state index in [2.05, 4.69) is 39.2 Å². The summed E-state index contributed by atoms with van der Waals surface area (Å²) in [6.07, 6.45) is 8.36. The number of piperidine rings is 1. The van der Waals surface area contributed by atoms with Crippen molar-refractivity contribution in [1.29, 1.82) is 0 Å². The summed E-state index contributed by atoms with van der Waals surface area (Å²) in [4.78, 5) is 19.4. The second-order valence-electron chi connectivity index (χ2n) is 8.04. The lowest BCUT2D eigenvalue weighted by atomic mass is 9.96. The van der Waals surface area contributed by atoms with Gasteiger partial charge in [0.2, 0.25) is 5.91 Å². The summed E-state index contributed by atoms with van der Waals surface area (Å²) in [6, 6.07) is 16.3. The van der Waals surface area contributed by atoms with Gasteiger partial charge in [0.25, 0.3) is 0 Å². The number of hydrogen-bond acceptors (Lipinski definition) is 3. The molecule has 1 N–H and O–H groups in total. The van der Waals surface area contributed by atoms with E-state index in [0.717, 1.165) is 60.3 Å². The number of carbonyl (C=O) groups excluding carboxylic acids is 1. The number of H-pyrrole nitrogens is 1. The van der Waals surface area contributed by atoms with E-state index in [1.165, 1.54) is 0 Å². The van der Waals surface area contributed by atoms with Crippen molar-refractivity contribution in [3.63, 3.8) is 0 Å². The van der Waals surface area contributed by atoms with Crippen LogP contribution in [-0.4, -0.2) is 43.6 Å². The van der Waals surface area contributed by atoms with Crippen LogP contribution in [0.5, 0.6) is 0 Å². The predicted molar refractivity (Wildman–Crippen MR) is 117 cm³/mol. The van der Waals surface area contributed by atoms with Gasteiger partial charge in [-0.1, -0.05) is 30.3 Å². The molecule has 4 aromatic rings. The maximum Gasteiger partial charge on any atom is 0.226 e. The van der Waals surface area contributed by atoms with Crippen molar-refractivity contribution in [3.8, 4) is 11.3 Å². The summed E-state index contributed by atoms with van der Waals surface area (Å²) < 4.78 is 2.30. The monoisotopic (exact) mass is 399 g/mol. The molecule has 4 heterocycles. The Morgan fingerprint density at radius 1 is 1.07 bits per heavy atom. The number of rotatable bonds is 5. The number of pyridine rings is 1. The minimum absolute atomic E-state index is 0.238. The molecule has 1 aliphatic rings. The maximum atomic E-state index is 12.6. The molecule has 3 aromatic heterocycles. The van der Waals surface area contributed by atoms with Gasteiger partial charge in [0.15, 0.2) is 0 Å². The van der Waals surface area contributed by atoms with Gasteiger partial charge in [-0.15, -0.1) is 0 Å². The van der Waals surface area contributed by atoms with Crippen molar-refractivity contribution in [2.45, 2.75) is 25.8 Å². The smallest absolute Gasteiger partial charge is 0.226 e. The van der Waals surface area contributed by atoms with Gasteiger partial charge < -0.3 is 9.47 Å². The highest BCUT2D eigenvalue weighted by molar-refractivity contribution is 5.79. The molecule has 0 unspecified atom stereocenters. The predicted octanol–water partition coefficient (Wildman–Crippen LogP) is 3.91. The molecule has 1 amide bonds. The van der Waals surface area contributed by atoms with Crippen molar-refractivity contribution in [2.24, 2.45) is 5.92 Å². The molecule has 152 valence electrons. The Morgan fingerprint density at radius 3 is 2.67 bits per heavy atom. The van der Waals surface area contributed by atoms with E-state index in [-0.39, 0.29) is 5.91 Å². The first kappa shape index (κ1) is 18.6. The van der Waals surface area contributed by atoms with Crippen molar-refractivity contribution >= 4 is 16.9 Å². The second-order valence-corrected chi connectivity index (χ2v) is 8.04. The number of aromatic nitrogens is 4. The number of fused-ring (bicyclic) bond motifs is 1. The van der Waals surface area contributed by atoms with E-state index in [0.29, 0.717) is 12.3 Å². The fourth-order valence-corrected chi connectivity index (χ4v) is 4.31. The summed E-state index contributed by atoms with van der Waals surface area (Å²) in [5, 5.41) is 6.84. The SMILES string of the molecule is O=C(Cc1ccccc1)N1CCC(Cn2ccc3nc(-c4cn[nH]c4)ccc32)CC1. The highest BCUT2D eigenvalue weighted by Crippen LogP contribution is 2.25. The number of likely N-dealkylation sites (tertiary alicyclic amines) is 1. The molecule has 1 aromatic carbocycles. The second kappa shape index (κ2) is 8.14. The van der Waals surface area contributed by atoms with Gasteiger partial charge in [-0.2, -0.15) is 5.10 Å². The number of nitrogens with zero attached hydrogens (tertiary/aromatic N) is 4. The fraction of sp³-hybridized carbons (Fsp3) is 0.292. The van der Waals surface area contributed by atoms with E-state index in [9.17, 15) is 4.79 Å². The third-order valence-electron chi connectivity index (χ3n) is 6.04. The molecule has 1 saturated heterocycles. The molecule has 1 fully saturated rings. The van der Waals surface area contributed by atoms with Crippen LogP contribution >= 0.6 is 0 Å². The lowest BCUT2D eigenvalue weighted by molar-refractivity contribution is -0.131. The van der Waals surface area contributed by atoms with E-state index in [4.69, 9.17) is 4.98 Å². The molecule has 0 atom stereocenters. The number of benzene rings is 1. The van der Waals surface area contributed by atoms with Gasteiger partial charge in [0.1, 0.15) is 0 Å². The number of carbonyl (C=O) groups is 1. The van der Waals surface area contributed by atoms with E-state index >= 15 is 0 Å². The van der Waals surface area contributed by atoms with Gasteiger partial charge in [-0.05, 0) is 42.5 Å². The van der Waals surface area contributed by atoms with Crippen LogP contribution in [0.1, 0.15) is 18.4 Å². The van der Waals surface area contributed by atoms with Crippen LogP contribution in [-0.2, 0) is 17.8 Å². The largest absolute Gasteiger partial charge is 0.346 e. The zero-order chi connectivity index (χ0) is 20.3. The molecular weight excluding hydrogens is 374 g/mol. The van der Waals surface area contributed by atoms with Crippen LogP contribution in [0.25, 0.3) is 22.3 Å². The van der Waals surface area contributed by atoms with Crippen molar-refractivity contribution in [3.05, 3.63) is 72.7 Å². The lowest BCUT2D eigenvalue weighted by Crippen LogP contribution is -2.40. The zero-order valence-corrected chi connectivity index (χ0v) is 16.9. The van der Waals surface area contributed by atoms with E-state index < -0.39 is 0 Å². The highest BCUT2D eigenvalue weighted by Gasteiger charge is 2.23. The molecular formula is C24H25N5O. The van der Waals surface area contributed by atoms with Gasteiger partial charge in [0, 0.05) is 37.6 Å². The Hall–Kier alpha value is -3.41. The minimum atomic E-state index is 0.238. The number of aromatic amines is 1. The van der Waals surface area contributed by atoms with Crippen LogP contribution in [0.3, 0.4) is 0 Å². The van der Waals surface area contributed by atoms with Crippen LogP contribution < -0.4 is 0 Å². The third-order valence-corrected chi connectivity index (χ3v) is 6.04. The van der Waals surface area contributed by atoms with Gasteiger partial charge in [-0.3, -0.25) is 9.89 Å². The molecule has 0 aliphatic carbocycles. The Kier molecular flexibility index (Phi) is 5.05. The van der Waals surface area contributed by atoms with Crippen LogP contribution in [0.15, 0.2) is 67.1 Å². The van der Waals surface area contributed by atoms with Crippen molar-refractivity contribution < 1.29 is 4.79 Å². The molecule has 0 spiro atoms. The average Bonchev–Trinajstić information content (AvgIpc) is 3.45. The molecule has 6 heteroatoms.